The molecule has 0 unspecified atom stereocenters. The number of fused-ring (bicyclic) bond motifs is 2. The average Bonchev–Trinajstić information content (AvgIpc) is 0.746. The number of carbonyl (C=O) groups is 13. The van der Waals surface area contributed by atoms with Gasteiger partial charge in [-0.2, -0.15) is 0 Å². The van der Waals surface area contributed by atoms with Gasteiger partial charge in [0, 0.05) is 99.5 Å². The molecule has 135 heavy (non-hydrogen) atoms. The predicted octanol–water partition coefficient (Wildman–Crippen LogP) is -5.79. The van der Waals surface area contributed by atoms with Gasteiger partial charge in [-0.25, -0.2) is 9.59 Å². The molecule has 742 valence electrons. The number of rotatable bonds is 59. The van der Waals surface area contributed by atoms with Gasteiger partial charge in [0.25, 0.3) is 0 Å². The lowest BCUT2D eigenvalue weighted by molar-refractivity contribution is -0.144. The number of benzene rings is 3. The number of amides is 11. The van der Waals surface area contributed by atoms with Crippen LogP contribution in [0.25, 0.3) is 33.4 Å². The summed E-state index contributed by atoms with van der Waals surface area (Å²) in [4.78, 5) is 192. The smallest absolute Gasteiger partial charge is 0.407 e. The topological polar surface area (TPSA) is 915 Å². The standard InChI is InChI=1S/C81H128N34O19S/c1-81(2,3)134-80(131)106-41-56(109-60(119)26-27-61(120)132-37-36-105-79(135)107-42-20-23-45(48(38-42)71(129)130)62-46-24-21-43(116)39-57(46)133-58-40-44(117)22-25-47(58)62)64(122)97-28-11-19-59(118)108-50(13-5-30-99-73(85)86)65(123)111-52(15-7-32-101-75(89)90)67(125)113-54(17-9-34-103-77(93)94)69(127)115-55(18-10-35-104-78(95)96)70(128)114-53(16-8-33-102-76(91)92)68(126)112-51(14-6-31-100-74(87)88)66(124)110-49(63(82)121)12-4-29-98-72(83)84/h20-25,38-40,49-56,116H,4-19,26-37,41H2,1-3H3,(H2,82,121)(H,97,122)(H,106,131)(H,108,118)(H,109,119)(H,110,124)(H,111,123)(H,112,126)(H,113,125)(H,114,128)(H,115,127)(H,129,130)(H4,83,84,98)(H4,85,86,99)(H4,87,88,100)(H4,89,90,101)(H4,91,92,102)(H4,93,94,103)(H4,95,96,104)(H2,105,107,135)/t49-,50-,51-,52-,53-,54-,55-,56+/m1/s1. The Balaban J connectivity index is 1.52. The van der Waals surface area contributed by atoms with E-state index < -0.39 is 186 Å². The maximum Gasteiger partial charge on any atom is 0.407 e. The Bertz CT molecular complexity index is 4880. The molecule has 0 radical (unpaired) electrons. The van der Waals surface area contributed by atoms with Gasteiger partial charge in [0.2, 0.25) is 59.1 Å². The Hall–Kier alpha value is -15.6. The predicted molar refractivity (Wildman–Crippen MR) is 503 cm³/mol. The van der Waals surface area contributed by atoms with Crippen molar-refractivity contribution in [1.29, 1.82) is 37.9 Å². The minimum atomic E-state index is -1.60. The van der Waals surface area contributed by atoms with E-state index in [4.69, 9.17) is 110 Å². The molecule has 0 saturated carbocycles. The first-order valence-corrected chi connectivity index (χ1v) is 43.5. The van der Waals surface area contributed by atoms with Crippen LogP contribution in [0.15, 0.2) is 63.8 Å². The first-order chi connectivity index (χ1) is 63.8. The van der Waals surface area contributed by atoms with E-state index in [-0.39, 0.29) is 219 Å². The number of nitrogens with two attached hydrogens (primary N) is 8. The number of guanidine groups is 7. The van der Waals surface area contributed by atoms with Crippen molar-refractivity contribution in [3.05, 3.63) is 70.4 Å². The monoisotopic (exact) mass is 1910 g/mol. The van der Waals surface area contributed by atoms with Crippen molar-refractivity contribution in [2.45, 2.75) is 190 Å². The molecule has 54 heteroatoms. The van der Waals surface area contributed by atoms with Crippen molar-refractivity contribution in [3.8, 4) is 28.2 Å². The van der Waals surface area contributed by atoms with Crippen molar-refractivity contribution in [3.63, 3.8) is 0 Å². The van der Waals surface area contributed by atoms with Gasteiger partial charge in [-0.05, 0) is 171 Å². The van der Waals surface area contributed by atoms with E-state index in [9.17, 15) is 77.3 Å². The molecule has 2 aliphatic rings. The first kappa shape index (κ1) is 112. The molecule has 0 saturated heterocycles. The third kappa shape index (κ3) is 44.7. The molecular weight excluding hydrogens is 1790 g/mol. The minimum Gasteiger partial charge on any atom is -0.508 e. The summed E-state index contributed by atoms with van der Waals surface area (Å²) >= 11 is 5.43. The van der Waals surface area contributed by atoms with E-state index in [1.54, 1.807) is 32.9 Å². The molecule has 53 nitrogen and oxygen atoms in total. The minimum absolute atomic E-state index is 0.00202. The summed E-state index contributed by atoms with van der Waals surface area (Å²) in [5, 5.41) is 124. The summed E-state index contributed by atoms with van der Waals surface area (Å²) in [6, 6.07) is 0.802. The zero-order valence-electron chi connectivity index (χ0n) is 75.2. The van der Waals surface area contributed by atoms with E-state index in [2.05, 4.69) is 101 Å². The third-order valence-electron chi connectivity index (χ3n) is 19.4. The number of esters is 1. The number of carbonyl (C=O) groups excluding carboxylic acids is 12. The Kier molecular flexibility index (Phi) is 48.2. The van der Waals surface area contributed by atoms with Crippen molar-refractivity contribution in [2.24, 2.45) is 45.9 Å². The number of anilines is 1. The van der Waals surface area contributed by atoms with E-state index in [0.717, 1.165) is 0 Å². The molecule has 0 spiro atoms. The lowest BCUT2D eigenvalue weighted by Crippen LogP contribution is -2.60. The normalized spacial score (nSPS) is 12.6. The number of phenolic OH excluding ortho intramolecular Hbond substituents is 1. The maximum atomic E-state index is 14.9. The summed E-state index contributed by atoms with van der Waals surface area (Å²) in [5.41, 5.74) is 44.3. The van der Waals surface area contributed by atoms with Crippen LogP contribution in [0, 0.1) is 37.9 Å². The molecule has 44 N–H and O–H groups in total. The maximum absolute atomic E-state index is 14.9. The highest BCUT2D eigenvalue weighted by atomic mass is 32.1. The van der Waals surface area contributed by atoms with Gasteiger partial charge in [-0.3, -0.25) is 95.4 Å². The highest BCUT2D eigenvalue weighted by molar-refractivity contribution is 7.80. The highest BCUT2D eigenvalue weighted by Gasteiger charge is 2.36. The van der Waals surface area contributed by atoms with Crippen LogP contribution in [0.5, 0.6) is 5.75 Å². The first-order valence-electron chi connectivity index (χ1n) is 43.1. The quantitative estimate of drug-likeness (QED) is 0.00489. The summed E-state index contributed by atoms with van der Waals surface area (Å²) in [7, 11) is 0. The third-order valence-corrected chi connectivity index (χ3v) is 19.7. The van der Waals surface area contributed by atoms with Crippen LogP contribution in [0.4, 0.5) is 10.5 Å². The highest BCUT2D eigenvalue weighted by Crippen LogP contribution is 2.42. The fourth-order valence-corrected chi connectivity index (χ4v) is 13.2. The summed E-state index contributed by atoms with van der Waals surface area (Å²) in [6.07, 6.45) is -3.36. The van der Waals surface area contributed by atoms with Gasteiger partial charge in [0.1, 0.15) is 77.6 Å². The number of thiocarbonyl (C=S) groups is 1. The molecule has 8 atom stereocenters. The number of carboxylic acids is 1. The van der Waals surface area contributed by atoms with Crippen molar-refractivity contribution < 1.29 is 86.4 Å². The molecule has 0 aromatic heterocycles. The van der Waals surface area contributed by atoms with Crippen molar-refractivity contribution in [1.82, 2.24) is 95.7 Å². The van der Waals surface area contributed by atoms with Crippen molar-refractivity contribution >= 4 is 153 Å². The summed E-state index contributed by atoms with van der Waals surface area (Å²) in [5.74, 6) is -14.3. The molecular formula is C81H128N34O19S. The summed E-state index contributed by atoms with van der Waals surface area (Å²) in [6.45, 7) is 3.67. The number of hydrogen-bond acceptors (Lipinski definition) is 26. The van der Waals surface area contributed by atoms with Crippen LogP contribution in [0.3, 0.4) is 0 Å². The van der Waals surface area contributed by atoms with Crippen LogP contribution in [-0.2, 0) is 62.2 Å². The second kappa shape index (κ2) is 58.2. The second-order valence-electron chi connectivity index (χ2n) is 31.6. The van der Waals surface area contributed by atoms with E-state index in [1.165, 1.54) is 42.5 Å². The SMILES string of the molecule is CC(C)(C)OC(=O)NC[C@H](NC(=O)CCC(=O)OCCNC(=S)Nc1ccc(-c2c3ccc(=O)cc-3oc3cc(O)ccc23)c(C(=O)O)c1)C(=O)NCCCC(=O)N[C@H](CCCNC(=N)N)C(=O)N[C@H](CCCNC(=N)N)C(=O)N[C@H](CCCNC(=N)N)C(=O)N[C@H](CCCNC(=N)N)C(=O)N[C@H](CCCNC(=N)N)C(=O)N[C@H](CCCNC(=N)N)C(=O)N[C@H](CCCNC(=N)N)C(N)=O. The van der Waals surface area contributed by atoms with Crippen LogP contribution in [0.2, 0.25) is 0 Å². The van der Waals surface area contributed by atoms with Gasteiger partial charge < -0.3 is 171 Å². The molecule has 0 fully saturated rings. The average molecular weight is 1910 g/mol. The molecule has 2 aromatic carbocycles. The number of aromatic carboxylic acids is 1. The Labute approximate surface area is 781 Å². The van der Waals surface area contributed by atoms with E-state index >= 15 is 0 Å². The molecule has 11 amide bonds. The Morgan fingerprint density at radius 3 is 1.19 bits per heavy atom. The number of phenols is 1. The fourth-order valence-electron chi connectivity index (χ4n) is 13.0. The lowest BCUT2D eigenvalue weighted by Gasteiger charge is -2.28. The number of hydrogen-bond donors (Lipinski definition) is 36. The molecule has 4 rings (SSSR count). The second-order valence-corrected chi connectivity index (χ2v) is 32.1. The number of primary amides is 1. The largest absolute Gasteiger partial charge is 0.508 e. The van der Waals surface area contributed by atoms with Crippen LogP contribution >= 0.6 is 12.2 Å². The van der Waals surface area contributed by atoms with E-state index in [1.807, 2.05) is 0 Å². The number of nitrogens with one attached hydrogen (secondary N) is 26. The number of alkyl carbamates (subject to hydrolysis) is 1. The van der Waals surface area contributed by atoms with E-state index in [0.29, 0.717) is 16.5 Å². The molecule has 0 bridgehead atoms. The van der Waals surface area contributed by atoms with Gasteiger partial charge in [-0.15, -0.1) is 0 Å². The van der Waals surface area contributed by atoms with Crippen LogP contribution < -0.4 is 152 Å². The Morgan fingerprint density at radius 2 is 0.793 bits per heavy atom. The Morgan fingerprint density at radius 1 is 0.415 bits per heavy atom. The lowest BCUT2D eigenvalue weighted by atomic mass is 9.90. The number of carboxylic acid groups (broad SMARTS) is 1. The molecule has 1 heterocycles. The van der Waals surface area contributed by atoms with Gasteiger partial charge in [0.15, 0.2) is 52.3 Å². The van der Waals surface area contributed by atoms with Gasteiger partial charge in [0.05, 0.1) is 25.1 Å². The molecule has 2 aromatic rings. The number of ether oxygens (including phenoxy) is 2. The molecule has 1 aliphatic carbocycles. The van der Waals surface area contributed by atoms with Gasteiger partial charge >= 0.3 is 18.0 Å². The zero-order chi connectivity index (χ0) is 100. The number of aromatic hydroxyl groups is 1. The van der Waals surface area contributed by atoms with Crippen LogP contribution in [-0.4, -0.2) is 260 Å². The molecule has 1 aliphatic heterocycles. The van der Waals surface area contributed by atoms with Crippen molar-refractivity contribution in [2.75, 3.05) is 77.4 Å². The van der Waals surface area contributed by atoms with Crippen LogP contribution in [0.1, 0.15) is 147 Å². The zero-order valence-corrected chi connectivity index (χ0v) is 76.0. The van der Waals surface area contributed by atoms with Gasteiger partial charge in [-0.1, -0.05) is 6.07 Å². The summed E-state index contributed by atoms with van der Waals surface area (Å²) < 4.78 is 16.5. The fraction of sp³-hybridized carbons (Fsp3) is 0.506.